The van der Waals surface area contributed by atoms with E-state index in [0.29, 0.717) is 0 Å². The number of sulfonamides is 1. The van der Waals surface area contributed by atoms with Crippen LogP contribution in [0.15, 0.2) is 24.5 Å². The van der Waals surface area contributed by atoms with E-state index in [1.165, 1.54) is 12.4 Å². The maximum absolute atomic E-state index is 12.7. The molecule has 0 atom stereocenters. The molecule has 1 fully saturated rings. The molecule has 21 heavy (non-hydrogen) atoms. The first-order valence-corrected chi connectivity index (χ1v) is 7.78. The lowest BCUT2D eigenvalue weighted by Crippen LogP contribution is -2.56. The molecule has 1 N–H and O–H groups in total. The molecule has 1 aromatic heterocycles. The Balaban J connectivity index is 2.04. The number of anilines is 1. The summed E-state index contributed by atoms with van der Waals surface area (Å²) >= 11 is 0. The lowest BCUT2D eigenvalue weighted by atomic mass is 9.94. The molecule has 0 aromatic carbocycles. The summed E-state index contributed by atoms with van der Waals surface area (Å²) in [5.41, 5.74) is 0.834. The number of nitrogens with zero attached hydrogens (tertiary/aromatic N) is 2. The van der Waals surface area contributed by atoms with Gasteiger partial charge in [-0.15, -0.1) is 4.72 Å². The van der Waals surface area contributed by atoms with Gasteiger partial charge in [0.2, 0.25) is 0 Å². The highest BCUT2D eigenvalue weighted by molar-refractivity contribution is 7.90. The van der Waals surface area contributed by atoms with Crippen LogP contribution < -0.4 is 14.2 Å². The SMILES string of the molecule is CN(C)c1cc[n+](C(=O)NS(=O)(=O)C2CC(F)(F)C2)cc1. The molecule has 0 aliphatic heterocycles. The summed E-state index contributed by atoms with van der Waals surface area (Å²) in [6.45, 7) is 0. The number of rotatable bonds is 3. The monoisotopic (exact) mass is 320 g/mol. The van der Waals surface area contributed by atoms with Gasteiger partial charge in [-0.1, -0.05) is 0 Å². The molecular formula is C12H16F2N3O3S+. The Morgan fingerprint density at radius 3 is 2.29 bits per heavy atom. The summed E-state index contributed by atoms with van der Waals surface area (Å²) in [6.07, 6.45) is 1.30. The first kappa shape index (κ1) is 15.6. The molecule has 116 valence electrons. The van der Waals surface area contributed by atoms with Crippen LogP contribution in [0, 0.1) is 0 Å². The van der Waals surface area contributed by atoms with Crippen molar-refractivity contribution in [1.82, 2.24) is 4.72 Å². The molecule has 0 unspecified atom stereocenters. The largest absolute Gasteiger partial charge is 0.511 e. The van der Waals surface area contributed by atoms with E-state index in [2.05, 4.69) is 0 Å². The molecule has 1 heterocycles. The molecule has 0 bridgehead atoms. The fourth-order valence-corrected chi connectivity index (χ4v) is 3.38. The zero-order chi connectivity index (χ0) is 15.8. The summed E-state index contributed by atoms with van der Waals surface area (Å²) in [6, 6.07) is 2.36. The zero-order valence-electron chi connectivity index (χ0n) is 11.6. The number of nitrogens with one attached hydrogen (secondary N) is 1. The number of aromatic nitrogens is 1. The highest BCUT2D eigenvalue weighted by atomic mass is 32.2. The minimum Gasteiger partial charge on any atom is -0.377 e. The third-order valence-corrected chi connectivity index (χ3v) is 4.95. The predicted octanol–water partition coefficient (Wildman–Crippen LogP) is 0.725. The van der Waals surface area contributed by atoms with E-state index in [4.69, 9.17) is 0 Å². The highest BCUT2D eigenvalue weighted by Gasteiger charge is 2.53. The van der Waals surface area contributed by atoms with Crippen LogP contribution in [0.4, 0.5) is 19.3 Å². The second-order valence-electron chi connectivity index (χ2n) is 5.20. The van der Waals surface area contributed by atoms with Gasteiger partial charge in [-0.3, -0.25) is 0 Å². The van der Waals surface area contributed by atoms with E-state index in [-0.39, 0.29) is 0 Å². The van der Waals surface area contributed by atoms with Gasteiger partial charge in [0.25, 0.3) is 5.92 Å². The van der Waals surface area contributed by atoms with Crippen LogP contribution in [0.25, 0.3) is 0 Å². The smallest absolute Gasteiger partial charge is 0.377 e. The molecular weight excluding hydrogens is 304 g/mol. The highest BCUT2D eigenvalue weighted by Crippen LogP contribution is 2.40. The Kier molecular flexibility index (Phi) is 3.87. The summed E-state index contributed by atoms with van der Waals surface area (Å²) < 4.78 is 51.8. The van der Waals surface area contributed by atoms with Gasteiger partial charge in [0.15, 0.2) is 0 Å². The Morgan fingerprint density at radius 1 is 1.33 bits per heavy atom. The molecule has 0 radical (unpaired) electrons. The third-order valence-electron chi connectivity index (χ3n) is 3.28. The fourth-order valence-electron chi connectivity index (χ4n) is 1.94. The molecule has 9 heteroatoms. The molecule has 1 aliphatic rings. The van der Waals surface area contributed by atoms with Gasteiger partial charge in [-0.2, -0.15) is 17.8 Å². The van der Waals surface area contributed by atoms with Crippen molar-refractivity contribution >= 4 is 21.7 Å². The van der Waals surface area contributed by atoms with Gasteiger partial charge >= 0.3 is 16.1 Å². The number of pyridine rings is 1. The van der Waals surface area contributed by atoms with E-state index in [1.807, 2.05) is 23.7 Å². The third kappa shape index (κ3) is 3.46. The maximum atomic E-state index is 12.7. The Morgan fingerprint density at radius 2 is 1.86 bits per heavy atom. The molecule has 2 rings (SSSR count). The lowest BCUT2D eigenvalue weighted by Gasteiger charge is -2.32. The van der Waals surface area contributed by atoms with Crippen LogP contribution in [0.2, 0.25) is 0 Å². The first-order valence-electron chi connectivity index (χ1n) is 6.23. The summed E-state index contributed by atoms with van der Waals surface area (Å²) in [4.78, 5) is 13.6. The minimum atomic E-state index is -4.08. The summed E-state index contributed by atoms with van der Waals surface area (Å²) in [5.74, 6) is -2.96. The normalized spacial score (nSPS) is 17.9. The van der Waals surface area contributed by atoms with Gasteiger partial charge < -0.3 is 4.90 Å². The van der Waals surface area contributed by atoms with Gasteiger partial charge in [0, 0.05) is 44.8 Å². The molecule has 0 saturated heterocycles. The quantitative estimate of drug-likeness (QED) is 0.834. The van der Waals surface area contributed by atoms with Crippen LogP contribution >= 0.6 is 0 Å². The molecule has 6 nitrogen and oxygen atoms in total. The van der Waals surface area contributed by atoms with Crippen molar-refractivity contribution in [2.45, 2.75) is 24.0 Å². The zero-order valence-corrected chi connectivity index (χ0v) is 12.4. The van der Waals surface area contributed by atoms with Crippen molar-refractivity contribution < 1.29 is 26.6 Å². The minimum absolute atomic E-state index is 0.750. The predicted molar refractivity (Wildman–Crippen MR) is 71.8 cm³/mol. The van der Waals surface area contributed by atoms with Gasteiger partial charge in [-0.05, 0) is 0 Å². The number of alkyl halides is 2. The van der Waals surface area contributed by atoms with Crippen molar-refractivity contribution in [1.29, 1.82) is 0 Å². The average molecular weight is 320 g/mol. The molecule has 0 spiro atoms. The van der Waals surface area contributed by atoms with Crippen molar-refractivity contribution in [3.63, 3.8) is 0 Å². The van der Waals surface area contributed by atoms with Gasteiger partial charge in [-0.25, -0.2) is 8.78 Å². The van der Waals surface area contributed by atoms with E-state index in [0.717, 1.165) is 10.3 Å². The average Bonchev–Trinajstić information content (AvgIpc) is 2.35. The molecule has 1 amide bonds. The van der Waals surface area contributed by atoms with Crippen LogP contribution in [0.1, 0.15) is 12.8 Å². The second-order valence-corrected chi connectivity index (χ2v) is 7.16. The molecule has 1 saturated carbocycles. The van der Waals surface area contributed by atoms with Crippen LogP contribution in [0.5, 0.6) is 0 Å². The van der Waals surface area contributed by atoms with Crippen LogP contribution in [-0.2, 0) is 10.0 Å². The number of hydrogen-bond acceptors (Lipinski definition) is 4. The van der Waals surface area contributed by atoms with Crippen LogP contribution in [0.3, 0.4) is 0 Å². The van der Waals surface area contributed by atoms with Crippen LogP contribution in [-0.4, -0.2) is 39.7 Å². The Bertz CT molecular complexity index is 636. The number of amides is 1. The number of carbonyl (C=O) groups excluding carboxylic acids is 1. The van der Waals surface area contributed by atoms with E-state index < -0.39 is 40.1 Å². The number of carbonyl (C=O) groups is 1. The van der Waals surface area contributed by atoms with E-state index in [9.17, 15) is 22.0 Å². The summed E-state index contributed by atoms with van der Waals surface area (Å²) in [7, 11) is -0.438. The Hall–Kier alpha value is -1.77. The van der Waals surface area contributed by atoms with Crippen molar-refractivity contribution in [2.24, 2.45) is 0 Å². The fraction of sp³-hybridized carbons (Fsp3) is 0.500. The molecule has 1 aromatic rings. The molecule has 1 aliphatic carbocycles. The van der Waals surface area contributed by atoms with Gasteiger partial charge in [0.1, 0.15) is 17.6 Å². The topological polar surface area (TPSA) is 70.4 Å². The van der Waals surface area contributed by atoms with Crippen molar-refractivity contribution in [2.75, 3.05) is 19.0 Å². The first-order chi connectivity index (χ1) is 9.61. The summed E-state index contributed by atoms with van der Waals surface area (Å²) in [5, 5.41) is -1.22. The van der Waals surface area contributed by atoms with Crippen molar-refractivity contribution in [3.05, 3.63) is 24.5 Å². The maximum Gasteiger partial charge on any atom is 0.511 e. The van der Waals surface area contributed by atoms with E-state index in [1.54, 1.807) is 12.1 Å². The Labute approximate surface area is 121 Å². The second kappa shape index (κ2) is 5.21. The van der Waals surface area contributed by atoms with Crippen molar-refractivity contribution in [3.8, 4) is 0 Å². The number of hydrogen-bond donors (Lipinski definition) is 1. The standard InChI is InChI=1S/C12H15F2N3O3S/c1-16(2)9-3-5-17(6-4-9)11(18)15-21(19,20)10-7-12(13,14)8-10/h3-6,10H,7-8H2,1-2H3/p+1. The lowest BCUT2D eigenvalue weighted by molar-refractivity contribution is -0.570. The van der Waals surface area contributed by atoms with E-state index >= 15 is 0 Å². The van der Waals surface area contributed by atoms with Gasteiger partial charge in [0.05, 0.1) is 0 Å². The number of halogens is 2.